The minimum Gasteiger partial charge on any atom is -0.469 e. The predicted molar refractivity (Wildman–Crippen MR) is 303 cm³/mol. The fourth-order valence-corrected chi connectivity index (χ4v) is 33.0. The number of rotatable bonds is 36. The summed E-state index contributed by atoms with van der Waals surface area (Å²) in [6.45, 7) is 40.5. The van der Waals surface area contributed by atoms with Crippen molar-refractivity contribution in [1.29, 1.82) is 21.0 Å². The topological polar surface area (TPSA) is 202 Å². The lowest BCUT2D eigenvalue weighted by Crippen LogP contribution is -2.52. The maximum atomic E-state index is 13.4. The smallest absolute Gasteiger partial charge is 0.311 e. The molecule has 0 fully saturated rings. The zero-order chi connectivity index (χ0) is 56.3. The minimum absolute atomic E-state index is 0.225. The number of hydrogen-bond acceptors (Lipinski definition) is 13. The van der Waals surface area contributed by atoms with Crippen molar-refractivity contribution in [2.24, 2.45) is 39.9 Å². The number of carbonyl (C=O) groups is 3. The van der Waals surface area contributed by atoms with E-state index in [4.69, 9.17) is 26.6 Å². The van der Waals surface area contributed by atoms with E-state index < -0.39 is 69.9 Å². The number of methoxy groups -OCH3 is 1. The third kappa shape index (κ3) is 29.4. The van der Waals surface area contributed by atoms with Crippen LogP contribution >= 0.6 is 0 Å². The molecule has 0 aromatic carbocycles. The molecule has 0 saturated carbocycles. The molecule has 0 spiro atoms. The van der Waals surface area contributed by atoms with E-state index in [0.29, 0.717) is 51.6 Å². The van der Waals surface area contributed by atoms with Crippen molar-refractivity contribution >= 4 is 59.7 Å². The average Bonchev–Trinajstić information content (AvgIpc) is 3.28. The highest BCUT2D eigenvalue weighted by atomic mass is 28.5. The molecule has 13 nitrogen and oxygen atoms in total. The first-order chi connectivity index (χ1) is 33.1. The van der Waals surface area contributed by atoms with Gasteiger partial charge in [-0.25, -0.2) is 0 Å². The van der Waals surface area contributed by atoms with Crippen molar-refractivity contribution in [2.45, 2.75) is 242 Å². The molecule has 0 saturated heterocycles. The van der Waals surface area contributed by atoms with Crippen LogP contribution in [0.3, 0.4) is 0 Å². The van der Waals surface area contributed by atoms with Crippen LogP contribution in [0.25, 0.3) is 0 Å². The Bertz CT molecular complexity index is 1800. The number of ether oxygens (including phenoxy) is 3. The third-order valence-electron chi connectivity index (χ3n) is 13.8. The van der Waals surface area contributed by atoms with E-state index in [1.165, 1.54) is 38.8 Å². The number of hydrogen-bond donors (Lipinski definition) is 0. The SMILES string of the molecule is CCCC[Si](C)(C)O[Si](C)(C)CCCOC(=O)C(C)(CC(C#N)CC)CC(C#N)CC(C#N)CC(C#N)CC.CCCC[Si](C)(C)O[Si](C)(C)O[Si](C)(C)CCCOC(=O)C(C)(C)CC(C)(CC)C(=O)OC. The largest absolute Gasteiger partial charge is 0.469 e. The number of nitriles is 4. The van der Waals surface area contributed by atoms with E-state index in [1.807, 2.05) is 41.5 Å². The van der Waals surface area contributed by atoms with Crippen LogP contribution in [0, 0.1) is 85.2 Å². The van der Waals surface area contributed by atoms with Gasteiger partial charge in [-0.05, 0) is 182 Å². The average molecular weight is 1090 g/mol. The zero-order valence-electron chi connectivity index (χ0n) is 49.4. The van der Waals surface area contributed by atoms with Gasteiger partial charge in [-0.3, -0.25) is 14.4 Å². The van der Waals surface area contributed by atoms with E-state index in [9.17, 15) is 35.4 Å². The van der Waals surface area contributed by atoms with Crippen molar-refractivity contribution in [1.82, 2.24) is 0 Å². The molecule has 0 aliphatic heterocycles. The second-order valence-electron chi connectivity index (χ2n) is 24.5. The molecule has 0 N–H and O–H groups in total. The molecule has 0 aliphatic carbocycles. The first kappa shape index (κ1) is 71.4. The summed E-state index contributed by atoms with van der Waals surface area (Å²) in [5, 5.41) is 38.5. The normalized spacial score (nSPS) is 15.8. The molecule has 18 heteroatoms. The van der Waals surface area contributed by atoms with Gasteiger partial charge in [0.2, 0.25) is 0 Å². The van der Waals surface area contributed by atoms with Crippen molar-refractivity contribution in [3.63, 3.8) is 0 Å². The molecule has 414 valence electrons. The molecule has 0 rings (SSSR count). The molecule has 0 amide bonds. The summed E-state index contributed by atoms with van der Waals surface area (Å²) in [5.41, 5.74) is -2.47. The van der Waals surface area contributed by atoms with Gasteiger partial charge >= 0.3 is 26.5 Å². The van der Waals surface area contributed by atoms with E-state index in [1.54, 1.807) is 6.92 Å². The molecule has 72 heavy (non-hydrogen) atoms. The fourth-order valence-electron chi connectivity index (χ4n) is 9.84. The van der Waals surface area contributed by atoms with E-state index in [0.717, 1.165) is 31.0 Å². The van der Waals surface area contributed by atoms with Crippen LogP contribution in [0.2, 0.25) is 89.6 Å². The summed E-state index contributed by atoms with van der Waals surface area (Å²) in [7, 11) is -8.07. The maximum Gasteiger partial charge on any atom is 0.311 e. The summed E-state index contributed by atoms with van der Waals surface area (Å²) in [5.74, 6) is -2.48. The predicted octanol–water partition coefficient (Wildman–Crippen LogP) is 15.0. The molecule has 0 heterocycles. The molecule has 6 unspecified atom stereocenters. The Morgan fingerprint density at radius 2 is 0.861 bits per heavy atom. The van der Waals surface area contributed by atoms with Crippen LogP contribution in [0.15, 0.2) is 0 Å². The summed E-state index contributed by atoms with van der Waals surface area (Å²) in [4.78, 5) is 38.4. The highest BCUT2D eigenvalue weighted by Crippen LogP contribution is 2.40. The van der Waals surface area contributed by atoms with Gasteiger partial charge in [-0.15, -0.1) is 0 Å². The lowest BCUT2D eigenvalue weighted by atomic mass is 9.72. The Labute approximate surface area is 445 Å². The molecule has 0 aliphatic rings. The molecule has 0 aromatic rings. The van der Waals surface area contributed by atoms with Gasteiger partial charge in [-0.2, -0.15) is 21.0 Å². The van der Waals surface area contributed by atoms with Crippen LogP contribution < -0.4 is 0 Å². The standard InChI is InChI=1S/C30H52N4O3Si2.C24H52O6Si3/c1-9-12-15-38(5,6)37-39(7,8)16-13-14-36-29(35)30(4,19-26(11-3)22-32)20-28(24-34)18-27(23-33)17-25(10-2)21-31;1-13-15-18-31(7,8)29-33(11,12)30-32(9,10)19-16-17-28-21(25)23(3,4)20-24(5,14-2)22(26)27-6/h25-28H,9-20H2,1-8H3;13-20H2,1-12H3. The van der Waals surface area contributed by atoms with E-state index >= 15 is 0 Å². The number of esters is 3. The summed E-state index contributed by atoms with van der Waals surface area (Å²) in [6.07, 6.45) is 9.76. The van der Waals surface area contributed by atoms with E-state index in [-0.39, 0.29) is 42.8 Å². The van der Waals surface area contributed by atoms with Gasteiger partial charge in [0.25, 0.3) is 0 Å². The van der Waals surface area contributed by atoms with Crippen molar-refractivity contribution in [2.75, 3.05) is 20.3 Å². The Morgan fingerprint density at radius 1 is 0.486 bits per heavy atom. The first-order valence-corrected chi connectivity index (χ1v) is 42.5. The van der Waals surface area contributed by atoms with Gasteiger partial charge in [0.1, 0.15) is 0 Å². The van der Waals surface area contributed by atoms with Crippen molar-refractivity contribution in [3.8, 4) is 24.3 Å². The Balaban J connectivity index is 0. The Hall–Kier alpha value is -2.67. The summed E-state index contributed by atoms with van der Waals surface area (Å²) in [6, 6.07) is 13.2. The number of unbranched alkanes of at least 4 members (excludes halogenated alkanes) is 2. The highest BCUT2D eigenvalue weighted by molar-refractivity contribution is 6.88. The van der Waals surface area contributed by atoms with Crippen LogP contribution in [0.5, 0.6) is 0 Å². The van der Waals surface area contributed by atoms with Crippen LogP contribution in [0.1, 0.15) is 152 Å². The van der Waals surface area contributed by atoms with Crippen LogP contribution in [-0.4, -0.2) is 80.1 Å². The Morgan fingerprint density at radius 3 is 1.24 bits per heavy atom. The van der Waals surface area contributed by atoms with Crippen molar-refractivity contribution < 1.29 is 40.9 Å². The van der Waals surface area contributed by atoms with Crippen molar-refractivity contribution in [3.05, 3.63) is 0 Å². The number of nitrogens with zero attached hydrogens (tertiary/aromatic N) is 4. The maximum absolute atomic E-state index is 13.4. The van der Waals surface area contributed by atoms with Gasteiger partial charge in [0.15, 0.2) is 33.3 Å². The van der Waals surface area contributed by atoms with Crippen LogP contribution in [0.4, 0.5) is 0 Å². The highest BCUT2D eigenvalue weighted by Gasteiger charge is 2.44. The van der Waals surface area contributed by atoms with Gasteiger partial charge in [0.05, 0.1) is 60.8 Å². The number of carbonyl (C=O) groups excluding carboxylic acids is 3. The molecule has 6 atom stereocenters. The second kappa shape index (κ2) is 33.4. The first-order valence-electron chi connectivity index (χ1n) is 27.2. The van der Waals surface area contributed by atoms with Crippen LogP contribution in [-0.2, 0) is 40.9 Å². The second-order valence-corrected chi connectivity index (χ2v) is 45.8. The monoisotopic (exact) mass is 1090 g/mol. The van der Waals surface area contributed by atoms with Gasteiger partial charge in [-0.1, -0.05) is 60.3 Å². The lowest BCUT2D eigenvalue weighted by molar-refractivity contribution is -0.161. The molecular weight excluding hydrogens is 989 g/mol. The summed E-state index contributed by atoms with van der Waals surface area (Å²) >= 11 is 0. The Kier molecular flexibility index (Phi) is 33.1. The summed E-state index contributed by atoms with van der Waals surface area (Å²) < 4.78 is 36.3. The molecule has 0 aromatic heterocycles. The third-order valence-corrected chi connectivity index (χ3v) is 32.8. The van der Waals surface area contributed by atoms with Gasteiger partial charge in [0, 0.05) is 23.7 Å². The zero-order valence-corrected chi connectivity index (χ0v) is 54.4. The van der Waals surface area contributed by atoms with E-state index in [2.05, 4.69) is 104 Å². The van der Waals surface area contributed by atoms with Gasteiger partial charge < -0.3 is 26.6 Å². The quantitative estimate of drug-likeness (QED) is 0.0248. The lowest BCUT2D eigenvalue weighted by Gasteiger charge is -2.38. The molecule has 0 bridgehead atoms. The minimum atomic E-state index is -2.21. The fraction of sp³-hybridized carbons (Fsp3) is 0.870. The molecule has 0 radical (unpaired) electrons. The molecular formula is C54H104N4O9Si5.